The van der Waals surface area contributed by atoms with E-state index in [1.54, 1.807) is 6.20 Å². The van der Waals surface area contributed by atoms with E-state index in [0.717, 1.165) is 12.8 Å². The molecule has 0 N–H and O–H groups in total. The van der Waals surface area contributed by atoms with Crippen LogP contribution in [-0.2, 0) is 6.42 Å². The standard InChI is InChI=1S/C11H14N2/c1-10(6-7-12)4-5-11-3-2-8-13-9-11/h2-3,8-10H,4-6H2,1H3. The SMILES string of the molecule is CC(CC#N)CCc1cccnc1. The quantitative estimate of drug-likeness (QED) is 0.703. The van der Waals surface area contributed by atoms with Crippen LogP contribution < -0.4 is 0 Å². The van der Waals surface area contributed by atoms with Gasteiger partial charge in [-0.3, -0.25) is 4.98 Å². The normalized spacial score (nSPS) is 12.0. The summed E-state index contributed by atoms with van der Waals surface area (Å²) < 4.78 is 0. The van der Waals surface area contributed by atoms with Crippen molar-refractivity contribution >= 4 is 0 Å². The summed E-state index contributed by atoms with van der Waals surface area (Å²) in [5, 5.41) is 8.47. The summed E-state index contributed by atoms with van der Waals surface area (Å²) >= 11 is 0. The third-order valence-electron chi connectivity index (χ3n) is 2.09. The van der Waals surface area contributed by atoms with Gasteiger partial charge in [0.05, 0.1) is 6.07 Å². The van der Waals surface area contributed by atoms with Crippen molar-refractivity contribution in [3.8, 4) is 6.07 Å². The number of hydrogen-bond donors (Lipinski definition) is 0. The van der Waals surface area contributed by atoms with Crippen LogP contribution >= 0.6 is 0 Å². The number of aromatic nitrogens is 1. The number of aryl methyl sites for hydroxylation is 1. The molecule has 0 bridgehead atoms. The molecule has 1 aromatic rings. The van der Waals surface area contributed by atoms with Gasteiger partial charge in [-0.05, 0) is 30.4 Å². The number of rotatable bonds is 4. The Balaban J connectivity index is 2.32. The minimum atomic E-state index is 0.491. The van der Waals surface area contributed by atoms with E-state index in [-0.39, 0.29) is 0 Å². The molecule has 0 spiro atoms. The topological polar surface area (TPSA) is 36.7 Å². The highest BCUT2D eigenvalue weighted by Crippen LogP contribution is 2.10. The maximum absolute atomic E-state index is 8.47. The first-order valence-corrected chi connectivity index (χ1v) is 4.58. The van der Waals surface area contributed by atoms with Crippen LogP contribution in [0.1, 0.15) is 25.3 Å². The Morgan fingerprint density at radius 2 is 2.46 bits per heavy atom. The monoisotopic (exact) mass is 174 g/mol. The van der Waals surface area contributed by atoms with Crippen molar-refractivity contribution in [3.63, 3.8) is 0 Å². The maximum Gasteiger partial charge on any atom is 0.0624 e. The third kappa shape index (κ3) is 3.71. The van der Waals surface area contributed by atoms with Gasteiger partial charge in [-0.2, -0.15) is 5.26 Å². The van der Waals surface area contributed by atoms with Crippen molar-refractivity contribution in [2.24, 2.45) is 5.92 Å². The van der Waals surface area contributed by atoms with Gasteiger partial charge in [-0.15, -0.1) is 0 Å². The molecule has 1 rings (SSSR count). The van der Waals surface area contributed by atoms with Crippen molar-refractivity contribution in [1.82, 2.24) is 4.98 Å². The zero-order valence-corrected chi connectivity index (χ0v) is 7.90. The van der Waals surface area contributed by atoms with E-state index >= 15 is 0 Å². The smallest absolute Gasteiger partial charge is 0.0624 e. The number of hydrogen-bond acceptors (Lipinski definition) is 2. The van der Waals surface area contributed by atoms with Crippen molar-refractivity contribution in [2.75, 3.05) is 0 Å². The van der Waals surface area contributed by atoms with Crippen LogP contribution in [0.25, 0.3) is 0 Å². The first kappa shape index (κ1) is 9.73. The lowest BCUT2D eigenvalue weighted by Gasteiger charge is -2.05. The van der Waals surface area contributed by atoms with Crippen molar-refractivity contribution in [1.29, 1.82) is 5.26 Å². The predicted molar refractivity (Wildman–Crippen MR) is 52.0 cm³/mol. The molecule has 68 valence electrons. The molecule has 0 aliphatic carbocycles. The first-order chi connectivity index (χ1) is 6.33. The van der Waals surface area contributed by atoms with Gasteiger partial charge < -0.3 is 0 Å². The fourth-order valence-electron chi connectivity index (χ4n) is 1.22. The summed E-state index contributed by atoms with van der Waals surface area (Å²) in [7, 11) is 0. The van der Waals surface area contributed by atoms with Crippen LogP contribution in [0.2, 0.25) is 0 Å². The summed E-state index contributed by atoms with van der Waals surface area (Å²) in [6, 6.07) is 6.21. The number of pyridine rings is 1. The highest BCUT2D eigenvalue weighted by atomic mass is 14.6. The van der Waals surface area contributed by atoms with Crippen molar-refractivity contribution in [3.05, 3.63) is 30.1 Å². The molecule has 2 nitrogen and oxygen atoms in total. The third-order valence-corrected chi connectivity index (χ3v) is 2.09. The maximum atomic E-state index is 8.47. The Morgan fingerprint density at radius 1 is 1.62 bits per heavy atom. The summed E-state index contributed by atoms with van der Waals surface area (Å²) in [4.78, 5) is 4.04. The number of nitriles is 1. The first-order valence-electron chi connectivity index (χ1n) is 4.58. The zero-order valence-electron chi connectivity index (χ0n) is 7.90. The van der Waals surface area contributed by atoms with Crippen LogP contribution in [0, 0.1) is 17.2 Å². The van der Waals surface area contributed by atoms with E-state index in [4.69, 9.17) is 5.26 Å². The molecule has 0 aromatic carbocycles. The zero-order chi connectivity index (χ0) is 9.52. The molecule has 13 heavy (non-hydrogen) atoms. The molecular formula is C11H14N2. The van der Waals surface area contributed by atoms with E-state index in [1.807, 2.05) is 12.3 Å². The minimum absolute atomic E-state index is 0.491. The predicted octanol–water partition coefficient (Wildman–Crippen LogP) is 2.56. The lowest BCUT2D eigenvalue weighted by atomic mass is 10.00. The van der Waals surface area contributed by atoms with Crippen LogP contribution in [0.3, 0.4) is 0 Å². The molecule has 0 aliphatic rings. The van der Waals surface area contributed by atoms with Gasteiger partial charge in [-0.25, -0.2) is 0 Å². The van der Waals surface area contributed by atoms with Crippen molar-refractivity contribution < 1.29 is 0 Å². The Kier molecular flexibility index (Phi) is 3.98. The minimum Gasteiger partial charge on any atom is -0.264 e. The van der Waals surface area contributed by atoms with Gasteiger partial charge in [0, 0.05) is 18.8 Å². The molecular weight excluding hydrogens is 160 g/mol. The van der Waals surface area contributed by atoms with E-state index in [2.05, 4.69) is 24.0 Å². The molecule has 0 saturated carbocycles. The van der Waals surface area contributed by atoms with Gasteiger partial charge >= 0.3 is 0 Å². The summed E-state index contributed by atoms with van der Waals surface area (Å²) in [6.07, 6.45) is 6.41. The molecule has 0 fully saturated rings. The van der Waals surface area contributed by atoms with Crippen LogP contribution in [0.4, 0.5) is 0 Å². The molecule has 1 aromatic heterocycles. The molecule has 2 heteroatoms. The van der Waals surface area contributed by atoms with Gasteiger partial charge in [0.15, 0.2) is 0 Å². The lowest BCUT2D eigenvalue weighted by Crippen LogP contribution is -1.96. The summed E-state index contributed by atoms with van der Waals surface area (Å²) in [5.41, 5.74) is 1.26. The average Bonchev–Trinajstić information content (AvgIpc) is 2.17. The Morgan fingerprint density at radius 3 is 3.08 bits per heavy atom. The largest absolute Gasteiger partial charge is 0.264 e. The fourth-order valence-corrected chi connectivity index (χ4v) is 1.22. The highest BCUT2D eigenvalue weighted by molar-refractivity contribution is 5.08. The fraction of sp³-hybridized carbons (Fsp3) is 0.455. The van der Waals surface area contributed by atoms with Crippen LogP contribution in [-0.4, -0.2) is 4.98 Å². The van der Waals surface area contributed by atoms with Crippen LogP contribution in [0.5, 0.6) is 0 Å². The molecule has 0 radical (unpaired) electrons. The highest BCUT2D eigenvalue weighted by Gasteiger charge is 2.01. The molecule has 0 saturated heterocycles. The van der Waals surface area contributed by atoms with Gasteiger partial charge in [0.25, 0.3) is 0 Å². The van der Waals surface area contributed by atoms with Gasteiger partial charge in [0.2, 0.25) is 0 Å². The lowest BCUT2D eigenvalue weighted by molar-refractivity contribution is 0.545. The van der Waals surface area contributed by atoms with Crippen LogP contribution in [0.15, 0.2) is 24.5 Å². The molecule has 0 amide bonds. The Bertz CT molecular complexity index is 274. The number of nitrogens with zero attached hydrogens (tertiary/aromatic N) is 2. The van der Waals surface area contributed by atoms with E-state index < -0.39 is 0 Å². The summed E-state index contributed by atoms with van der Waals surface area (Å²) in [6.45, 7) is 2.11. The second-order valence-electron chi connectivity index (χ2n) is 3.37. The van der Waals surface area contributed by atoms with Crippen molar-refractivity contribution in [2.45, 2.75) is 26.2 Å². The van der Waals surface area contributed by atoms with Gasteiger partial charge in [0.1, 0.15) is 0 Å². The summed E-state index contributed by atoms with van der Waals surface area (Å²) in [5.74, 6) is 0.491. The molecule has 1 heterocycles. The molecule has 0 aliphatic heterocycles. The van der Waals surface area contributed by atoms with E-state index in [1.165, 1.54) is 5.56 Å². The van der Waals surface area contributed by atoms with Gasteiger partial charge in [-0.1, -0.05) is 13.0 Å². The Labute approximate surface area is 79.2 Å². The second kappa shape index (κ2) is 5.31. The molecule has 1 atom stereocenters. The second-order valence-corrected chi connectivity index (χ2v) is 3.37. The Hall–Kier alpha value is -1.36. The molecule has 1 unspecified atom stereocenters. The van der Waals surface area contributed by atoms with E-state index in [0.29, 0.717) is 12.3 Å². The average molecular weight is 174 g/mol. The van der Waals surface area contributed by atoms with E-state index in [9.17, 15) is 0 Å².